The number of hydrogen-bond donors (Lipinski definition) is 0. The molecule has 0 aliphatic heterocycles. The molecule has 0 aliphatic rings. The van der Waals surface area contributed by atoms with Crippen molar-refractivity contribution in [3.05, 3.63) is 29.8 Å². The summed E-state index contributed by atoms with van der Waals surface area (Å²) in [5.41, 5.74) is 0.580. The lowest BCUT2D eigenvalue weighted by molar-refractivity contribution is -0.143. The van der Waals surface area contributed by atoms with Gasteiger partial charge in [-0.15, -0.1) is 0 Å². The van der Waals surface area contributed by atoms with E-state index in [9.17, 15) is 9.59 Å². The van der Waals surface area contributed by atoms with Gasteiger partial charge in [0.2, 0.25) is 0 Å². The van der Waals surface area contributed by atoms with E-state index in [4.69, 9.17) is 9.47 Å². The van der Waals surface area contributed by atoms with Gasteiger partial charge >= 0.3 is 5.97 Å². The number of carbonyl (C=O) groups is 2. The Bertz CT molecular complexity index is 442. The molecule has 1 aromatic carbocycles. The number of methoxy groups -OCH3 is 1. The van der Waals surface area contributed by atoms with E-state index in [2.05, 4.69) is 0 Å². The predicted octanol–water partition coefficient (Wildman–Crippen LogP) is 2.11. The van der Waals surface area contributed by atoms with Crippen LogP contribution in [0.2, 0.25) is 0 Å². The highest BCUT2D eigenvalue weighted by molar-refractivity contribution is 5.94. The molecule has 0 unspecified atom stereocenters. The molecule has 0 saturated carbocycles. The van der Waals surface area contributed by atoms with Crippen LogP contribution in [0, 0.1) is 0 Å². The molecule has 110 valence electrons. The Morgan fingerprint density at radius 2 is 1.80 bits per heavy atom. The summed E-state index contributed by atoms with van der Waals surface area (Å²) in [5.74, 6) is 0.323. The van der Waals surface area contributed by atoms with Crippen molar-refractivity contribution < 1.29 is 19.1 Å². The summed E-state index contributed by atoms with van der Waals surface area (Å²) in [6.07, 6.45) is 0.212. The summed E-state index contributed by atoms with van der Waals surface area (Å²) in [4.78, 5) is 25.2. The first kappa shape index (κ1) is 16.0. The number of esters is 1. The second-order valence-corrected chi connectivity index (χ2v) is 4.17. The molecule has 1 rings (SSSR count). The maximum atomic E-state index is 12.3. The standard InChI is InChI=1S/C15H21NO4/c1-4-16(11-10-14(17)20-5-2)15(18)12-6-8-13(19-3)9-7-12/h6-9H,4-5,10-11H2,1-3H3. The van der Waals surface area contributed by atoms with Gasteiger partial charge in [-0.2, -0.15) is 0 Å². The zero-order chi connectivity index (χ0) is 15.0. The fourth-order valence-electron chi connectivity index (χ4n) is 1.78. The SMILES string of the molecule is CCOC(=O)CCN(CC)C(=O)c1ccc(OC)cc1. The van der Waals surface area contributed by atoms with Gasteiger partial charge in [0.25, 0.3) is 5.91 Å². The minimum absolute atomic E-state index is 0.0977. The maximum Gasteiger partial charge on any atom is 0.307 e. The normalized spacial score (nSPS) is 9.95. The van der Waals surface area contributed by atoms with Crippen LogP contribution < -0.4 is 4.74 Å². The van der Waals surface area contributed by atoms with Gasteiger partial charge in [-0.05, 0) is 38.1 Å². The molecule has 1 amide bonds. The van der Waals surface area contributed by atoms with Gasteiger partial charge in [0.05, 0.1) is 20.1 Å². The van der Waals surface area contributed by atoms with Gasteiger partial charge in [-0.3, -0.25) is 9.59 Å². The van der Waals surface area contributed by atoms with Gasteiger partial charge in [0, 0.05) is 18.7 Å². The minimum atomic E-state index is -0.284. The zero-order valence-corrected chi connectivity index (χ0v) is 12.2. The maximum absolute atomic E-state index is 12.3. The lowest BCUT2D eigenvalue weighted by Crippen LogP contribution is -2.33. The quantitative estimate of drug-likeness (QED) is 0.717. The molecule has 0 aliphatic carbocycles. The topological polar surface area (TPSA) is 55.8 Å². The number of nitrogens with zero attached hydrogens (tertiary/aromatic N) is 1. The van der Waals surface area contributed by atoms with Crippen molar-refractivity contribution in [2.75, 3.05) is 26.8 Å². The van der Waals surface area contributed by atoms with Crippen LogP contribution in [-0.4, -0.2) is 43.6 Å². The molecule has 0 fully saturated rings. The van der Waals surface area contributed by atoms with E-state index in [-0.39, 0.29) is 18.3 Å². The Kier molecular flexibility index (Phi) is 6.56. The third-order valence-electron chi connectivity index (χ3n) is 2.90. The molecule has 5 nitrogen and oxygen atoms in total. The molecule has 0 spiro atoms. The second-order valence-electron chi connectivity index (χ2n) is 4.17. The van der Waals surface area contributed by atoms with Crippen molar-refractivity contribution in [2.45, 2.75) is 20.3 Å². The Balaban J connectivity index is 2.63. The van der Waals surface area contributed by atoms with Gasteiger partial charge in [0.15, 0.2) is 0 Å². The number of amides is 1. The molecule has 0 heterocycles. The lowest BCUT2D eigenvalue weighted by atomic mass is 10.2. The Labute approximate surface area is 119 Å². The predicted molar refractivity (Wildman–Crippen MR) is 75.8 cm³/mol. The summed E-state index contributed by atoms with van der Waals surface area (Å²) in [7, 11) is 1.58. The molecule has 0 aromatic heterocycles. The van der Waals surface area contributed by atoms with Crippen molar-refractivity contribution in [1.29, 1.82) is 0 Å². The molecular weight excluding hydrogens is 258 g/mol. The van der Waals surface area contributed by atoms with Crippen molar-refractivity contribution in [2.24, 2.45) is 0 Å². The van der Waals surface area contributed by atoms with E-state index in [1.54, 1.807) is 43.2 Å². The summed E-state index contributed by atoms with van der Waals surface area (Å²) in [6, 6.07) is 6.92. The smallest absolute Gasteiger partial charge is 0.307 e. The van der Waals surface area contributed by atoms with Crippen molar-refractivity contribution in [1.82, 2.24) is 4.90 Å². The number of ether oxygens (including phenoxy) is 2. The van der Waals surface area contributed by atoms with Gasteiger partial charge < -0.3 is 14.4 Å². The van der Waals surface area contributed by atoms with E-state index in [1.165, 1.54) is 0 Å². The van der Waals surface area contributed by atoms with Crippen LogP contribution in [0.5, 0.6) is 5.75 Å². The van der Waals surface area contributed by atoms with Crippen LogP contribution in [0.25, 0.3) is 0 Å². The average Bonchev–Trinajstić information content (AvgIpc) is 2.48. The van der Waals surface area contributed by atoms with Crippen molar-refractivity contribution >= 4 is 11.9 Å². The van der Waals surface area contributed by atoms with Crippen LogP contribution in [0.1, 0.15) is 30.6 Å². The van der Waals surface area contributed by atoms with E-state index < -0.39 is 0 Å². The largest absolute Gasteiger partial charge is 0.497 e. The Morgan fingerprint density at radius 3 is 2.30 bits per heavy atom. The Morgan fingerprint density at radius 1 is 1.15 bits per heavy atom. The highest BCUT2D eigenvalue weighted by Crippen LogP contribution is 2.13. The second kappa shape index (κ2) is 8.19. The molecule has 0 bridgehead atoms. The fourth-order valence-corrected chi connectivity index (χ4v) is 1.78. The van der Waals surface area contributed by atoms with Gasteiger partial charge in [0.1, 0.15) is 5.75 Å². The molecule has 0 saturated heterocycles. The first-order valence-electron chi connectivity index (χ1n) is 6.71. The highest BCUT2D eigenvalue weighted by atomic mass is 16.5. The molecule has 0 atom stereocenters. The van der Waals surface area contributed by atoms with E-state index >= 15 is 0 Å². The zero-order valence-electron chi connectivity index (χ0n) is 12.2. The average molecular weight is 279 g/mol. The van der Waals surface area contributed by atoms with Crippen molar-refractivity contribution in [3.8, 4) is 5.75 Å². The van der Waals surface area contributed by atoms with E-state index in [1.807, 2.05) is 6.92 Å². The summed E-state index contributed by atoms with van der Waals surface area (Å²) < 4.78 is 9.91. The van der Waals surface area contributed by atoms with Gasteiger partial charge in [-0.1, -0.05) is 0 Å². The number of hydrogen-bond acceptors (Lipinski definition) is 4. The van der Waals surface area contributed by atoms with E-state index in [0.717, 1.165) is 0 Å². The lowest BCUT2D eigenvalue weighted by Gasteiger charge is -2.20. The molecule has 5 heteroatoms. The highest BCUT2D eigenvalue weighted by Gasteiger charge is 2.15. The summed E-state index contributed by atoms with van der Waals surface area (Å²) >= 11 is 0. The summed E-state index contributed by atoms with van der Waals surface area (Å²) in [6.45, 7) is 4.91. The van der Waals surface area contributed by atoms with E-state index in [0.29, 0.717) is 31.0 Å². The minimum Gasteiger partial charge on any atom is -0.497 e. The first-order valence-corrected chi connectivity index (χ1v) is 6.71. The molecule has 0 radical (unpaired) electrons. The van der Waals surface area contributed by atoms with Crippen LogP contribution in [0.15, 0.2) is 24.3 Å². The number of benzene rings is 1. The van der Waals surface area contributed by atoms with Gasteiger partial charge in [-0.25, -0.2) is 0 Å². The van der Waals surface area contributed by atoms with Crippen LogP contribution in [0.3, 0.4) is 0 Å². The first-order chi connectivity index (χ1) is 9.62. The fraction of sp³-hybridized carbons (Fsp3) is 0.467. The van der Waals surface area contributed by atoms with Crippen molar-refractivity contribution in [3.63, 3.8) is 0 Å². The van der Waals surface area contributed by atoms with Crippen LogP contribution >= 0.6 is 0 Å². The monoisotopic (exact) mass is 279 g/mol. The Hall–Kier alpha value is -2.04. The third-order valence-corrected chi connectivity index (χ3v) is 2.90. The molecular formula is C15H21NO4. The van der Waals surface area contributed by atoms with Crippen LogP contribution in [-0.2, 0) is 9.53 Å². The number of rotatable bonds is 7. The molecule has 0 N–H and O–H groups in total. The van der Waals surface area contributed by atoms with Crippen LogP contribution in [0.4, 0.5) is 0 Å². The molecule has 20 heavy (non-hydrogen) atoms. The number of carbonyl (C=O) groups excluding carboxylic acids is 2. The summed E-state index contributed by atoms with van der Waals surface area (Å²) in [5, 5.41) is 0. The molecule has 1 aromatic rings. The third kappa shape index (κ3) is 4.57.